The van der Waals surface area contributed by atoms with Gasteiger partial charge in [-0.2, -0.15) is 0 Å². The van der Waals surface area contributed by atoms with Gasteiger partial charge in [-0.25, -0.2) is 0 Å². The van der Waals surface area contributed by atoms with Gasteiger partial charge in [0, 0.05) is 0 Å². The molecule has 0 aliphatic rings. The Hall–Kier alpha value is 0.766. The van der Waals surface area contributed by atoms with E-state index in [4.69, 9.17) is 0 Å². The summed E-state index contributed by atoms with van der Waals surface area (Å²) >= 11 is 0. The highest BCUT2D eigenvalue weighted by molar-refractivity contribution is 5.75. The van der Waals surface area contributed by atoms with Crippen molar-refractivity contribution < 1.29 is 0 Å². The molecule has 0 saturated heterocycles. The minimum Gasteiger partial charge on any atom is -0.0654 e. The van der Waals surface area contributed by atoms with E-state index in [0.717, 1.165) is 0 Å². The summed E-state index contributed by atoms with van der Waals surface area (Å²) in [6.45, 7) is 4.60. The van der Waals surface area contributed by atoms with Crippen LogP contribution in [0.5, 0.6) is 0 Å². The molecule has 0 aliphatic carbocycles. The van der Waals surface area contributed by atoms with Crippen molar-refractivity contribution in [3.8, 4) is 0 Å². The Morgan fingerprint density at radius 2 is 0.375 bits per heavy atom. The second-order valence-electron chi connectivity index (χ2n) is 7.72. The van der Waals surface area contributed by atoms with Gasteiger partial charge in [-0.1, -0.05) is 149 Å². The molecule has 1 heteroatoms. The van der Waals surface area contributed by atoms with Crippen LogP contribution < -0.4 is 0 Å². The summed E-state index contributed by atoms with van der Waals surface area (Å²) in [4.78, 5) is 0. The molecule has 24 heavy (non-hydrogen) atoms. The van der Waals surface area contributed by atoms with Gasteiger partial charge in [0.25, 0.3) is 0 Å². The first-order chi connectivity index (χ1) is 11.4. The van der Waals surface area contributed by atoms with Crippen LogP contribution in [0.25, 0.3) is 0 Å². The molecule has 0 aliphatic heterocycles. The molecule has 0 radical (unpaired) electrons. The van der Waals surface area contributed by atoms with Gasteiger partial charge in [-0.15, -0.1) is 0 Å². The Kier molecular flexibility index (Phi) is 29.2. The van der Waals surface area contributed by atoms with Crippen LogP contribution in [0.1, 0.15) is 149 Å². The minimum absolute atomic E-state index is 0. The molecule has 0 amide bonds. The van der Waals surface area contributed by atoms with E-state index < -0.39 is 0 Å². The monoisotopic (exact) mass is 350 g/mol. The van der Waals surface area contributed by atoms with Gasteiger partial charge < -0.3 is 0 Å². The van der Waals surface area contributed by atoms with E-state index >= 15 is 0 Å². The van der Waals surface area contributed by atoms with Crippen molar-refractivity contribution in [1.82, 2.24) is 0 Å². The van der Waals surface area contributed by atoms with Crippen LogP contribution in [0, 0.1) is 0 Å². The molecule has 0 saturated carbocycles. The lowest BCUT2D eigenvalue weighted by Crippen LogP contribution is -1.84. The van der Waals surface area contributed by atoms with E-state index in [1.54, 1.807) is 0 Å². The molecule has 144 valence electrons. The summed E-state index contributed by atoms with van der Waals surface area (Å²) in [5, 5.41) is 0. The molecule has 0 atom stereocenters. The zero-order chi connectivity index (χ0) is 16.8. The lowest BCUT2D eigenvalue weighted by molar-refractivity contribution is 0.521. The lowest BCUT2D eigenvalue weighted by Gasteiger charge is -2.04. The fraction of sp³-hybridized carbons (Fsp3) is 1.00. The van der Waals surface area contributed by atoms with E-state index in [1.165, 1.54) is 135 Å². The Labute approximate surface area is 171 Å². The first kappa shape index (κ1) is 27.0. The molecule has 0 fully saturated rings. The normalized spacial score (nSPS) is 10.8. The Morgan fingerprint density at radius 1 is 0.250 bits per heavy atom. The second-order valence-corrected chi connectivity index (χ2v) is 7.72. The van der Waals surface area contributed by atoms with Crippen LogP contribution in [-0.2, 0) is 0 Å². The summed E-state index contributed by atoms with van der Waals surface area (Å²) in [5.41, 5.74) is 0. The Balaban J connectivity index is 0. The molecule has 0 unspecified atom stereocenters. The van der Waals surface area contributed by atoms with E-state index in [2.05, 4.69) is 13.8 Å². The third kappa shape index (κ3) is 25.0. The number of hydrogen-bond acceptors (Lipinski definition) is 0. The summed E-state index contributed by atoms with van der Waals surface area (Å²) in [6, 6.07) is 0. The zero-order valence-electron chi connectivity index (χ0n) is 16.8. The highest BCUT2D eigenvalue weighted by Crippen LogP contribution is 2.14. The van der Waals surface area contributed by atoms with Gasteiger partial charge in [0.2, 0.25) is 0 Å². The molecule has 0 heterocycles. The highest BCUT2D eigenvalue weighted by atomic mass is 24.3. The standard InChI is InChI=1S/C23H48.Mg.2H/c1-3-5-7-9-11-13-15-17-19-21-23-22-20-18-16-14-12-10-8-6-4-2;;;/h3-23H2,1-2H3;;;. The molecule has 0 aromatic rings. The Bertz CT molecular complexity index is 170. The fourth-order valence-corrected chi connectivity index (χ4v) is 3.51. The summed E-state index contributed by atoms with van der Waals surface area (Å²) < 4.78 is 0. The summed E-state index contributed by atoms with van der Waals surface area (Å²) in [6.07, 6.45) is 30.9. The van der Waals surface area contributed by atoms with Crippen molar-refractivity contribution in [3.05, 3.63) is 0 Å². The minimum atomic E-state index is 0. The summed E-state index contributed by atoms with van der Waals surface area (Å²) in [5.74, 6) is 0. The number of unbranched alkanes of at least 4 members (excludes halogenated alkanes) is 20. The molecule has 0 bridgehead atoms. The first-order valence-electron chi connectivity index (χ1n) is 11.4. The van der Waals surface area contributed by atoms with Crippen molar-refractivity contribution in [3.63, 3.8) is 0 Å². The predicted octanol–water partition coefficient (Wildman–Crippen LogP) is 8.30. The molecular formula is C23H50Mg. The van der Waals surface area contributed by atoms with Gasteiger partial charge in [0.1, 0.15) is 0 Å². The average molecular weight is 351 g/mol. The maximum absolute atomic E-state index is 2.30. The SMILES string of the molecule is CCCCCCCCCCCCCCCCCCCCCCC.[MgH2]. The highest BCUT2D eigenvalue weighted by Gasteiger charge is 1.95. The van der Waals surface area contributed by atoms with Crippen LogP contribution in [0.15, 0.2) is 0 Å². The van der Waals surface area contributed by atoms with Crippen molar-refractivity contribution in [1.29, 1.82) is 0 Å². The van der Waals surface area contributed by atoms with Crippen molar-refractivity contribution in [2.75, 3.05) is 0 Å². The van der Waals surface area contributed by atoms with Crippen molar-refractivity contribution in [2.45, 2.75) is 149 Å². The lowest BCUT2D eigenvalue weighted by atomic mass is 10.0. The van der Waals surface area contributed by atoms with Gasteiger partial charge in [0.05, 0.1) is 0 Å². The van der Waals surface area contributed by atoms with Crippen LogP contribution in [0.2, 0.25) is 0 Å². The predicted molar refractivity (Wildman–Crippen MR) is 117 cm³/mol. The number of hydrogen-bond donors (Lipinski definition) is 0. The largest absolute Gasteiger partial charge is 0.316 e. The van der Waals surface area contributed by atoms with E-state index in [0.29, 0.717) is 0 Å². The average Bonchev–Trinajstić information content (AvgIpc) is 2.57. The third-order valence-electron chi connectivity index (χ3n) is 5.21. The maximum atomic E-state index is 2.30. The topological polar surface area (TPSA) is 0 Å². The van der Waals surface area contributed by atoms with Gasteiger partial charge >= 0.3 is 23.1 Å². The van der Waals surface area contributed by atoms with Crippen molar-refractivity contribution in [2.24, 2.45) is 0 Å². The van der Waals surface area contributed by atoms with Crippen LogP contribution in [-0.4, -0.2) is 23.1 Å². The Morgan fingerprint density at radius 3 is 0.500 bits per heavy atom. The van der Waals surface area contributed by atoms with Crippen LogP contribution in [0.3, 0.4) is 0 Å². The maximum Gasteiger partial charge on any atom is 0.316 e. The summed E-state index contributed by atoms with van der Waals surface area (Å²) in [7, 11) is 0. The molecule has 0 rings (SSSR count). The first-order valence-corrected chi connectivity index (χ1v) is 11.4. The zero-order valence-corrected chi connectivity index (χ0v) is 16.8. The van der Waals surface area contributed by atoms with Crippen LogP contribution in [0.4, 0.5) is 0 Å². The fourth-order valence-electron chi connectivity index (χ4n) is 3.51. The smallest absolute Gasteiger partial charge is 0.0654 e. The molecule has 0 nitrogen and oxygen atoms in total. The van der Waals surface area contributed by atoms with Gasteiger partial charge in [0.15, 0.2) is 0 Å². The van der Waals surface area contributed by atoms with E-state index in [9.17, 15) is 0 Å². The van der Waals surface area contributed by atoms with Crippen LogP contribution >= 0.6 is 0 Å². The van der Waals surface area contributed by atoms with Gasteiger partial charge in [-0.05, 0) is 0 Å². The number of rotatable bonds is 20. The molecular weight excluding hydrogens is 301 g/mol. The molecule has 0 spiro atoms. The molecule has 0 N–H and O–H groups in total. The third-order valence-corrected chi connectivity index (χ3v) is 5.21. The van der Waals surface area contributed by atoms with Gasteiger partial charge in [-0.3, -0.25) is 0 Å². The van der Waals surface area contributed by atoms with E-state index in [-0.39, 0.29) is 23.1 Å². The van der Waals surface area contributed by atoms with Crippen molar-refractivity contribution >= 4 is 23.1 Å². The molecule has 0 aromatic heterocycles. The van der Waals surface area contributed by atoms with E-state index in [1.807, 2.05) is 0 Å². The second kappa shape index (κ2) is 26.0. The molecule has 0 aromatic carbocycles. The quantitative estimate of drug-likeness (QED) is 0.153.